The van der Waals surface area contributed by atoms with Gasteiger partial charge in [-0.3, -0.25) is 0 Å². The van der Waals surface area contributed by atoms with E-state index in [1.54, 1.807) is 6.92 Å². The van der Waals surface area contributed by atoms with E-state index in [0.29, 0.717) is 11.1 Å². The second kappa shape index (κ2) is 3.86. The maximum Gasteiger partial charge on any atom is 0.129 e. The molecular weight excluding hydrogens is 170 g/mol. The van der Waals surface area contributed by atoms with Crippen molar-refractivity contribution in [1.82, 2.24) is 0 Å². The standard InChI is InChI=1S/C11H14F2/c1-4-7(2)10-6-9(12)5-8(3)11(10)13/h5-7H,4H2,1-3H3. The number of hydrogen-bond acceptors (Lipinski definition) is 0. The lowest BCUT2D eigenvalue weighted by Crippen LogP contribution is -1.99. The molecular formula is C11H14F2. The summed E-state index contributed by atoms with van der Waals surface area (Å²) in [6, 6.07) is 2.51. The molecule has 0 radical (unpaired) electrons. The van der Waals surface area contributed by atoms with E-state index in [0.717, 1.165) is 6.42 Å². The zero-order chi connectivity index (χ0) is 10.0. The van der Waals surface area contributed by atoms with Crippen LogP contribution in [0, 0.1) is 18.6 Å². The Morgan fingerprint density at radius 3 is 2.46 bits per heavy atom. The van der Waals surface area contributed by atoms with E-state index >= 15 is 0 Å². The van der Waals surface area contributed by atoms with Crippen molar-refractivity contribution in [3.63, 3.8) is 0 Å². The molecule has 2 heteroatoms. The van der Waals surface area contributed by atoms with Crippen LogP contribution in [0.15, 0.2) is 12.1 Å². The Labute approximate surface area is 77.6 Å². The Morgan fingerprint density at radius 2 is 1.92 bits per heavy atom. The molecule has 0 saturated heterocycles. The van der Waals surface area contributed by atoms with Gasteiger partial charge in [0.05, 0.1) is 0 Å². The van der Waals surface area contributed by atoms with Gasteiger partial charge in [0.25, 0.3) is 0 Å². The lowest BCUT2D eigenvalue weighted by Gasteiger charge is -2.11. The Hall–Kier alpha value is -0.920. The van der Waals surface area contributed by atoms with Crippen LogP contribution < -0.4 is 0 Å². The first kappa shape index (κ1) is 10.2. The van der Waals surface area contributed by atoms with Gasteiger partial charge in [-0.2, -0.15) is 0 Å². The lowest BCUT2D eigenvalue weighted by molar-refractivity contribution is 0.556. The molecule has 0 aliphatic heterocycles. The molecule has 0 saturated carbocycles. The van der Waals surface area contributed by atoms with E-state index in [2.05, 4.69) is 0 Å². The molecule has 1 atom stereocenters. The van der Waals surface area contributed by atoms with Crippen molar-refractivity contribution in [3.05, 3.63) is 34.9 Å². The maximum absolute atomic E-state index is 13.5. The average molecular weight is 184 g/mol. The highest BCUT2D eigenvalue weighted by Gasteiger charge is 2.12. The second-order valence-electron chi connectivity index (χ2n) is 3.44. The molecule has 13 heavy (non-hydrogen) atoms. The summed E-state index contributed by atoms with van der Waals surface area (Å²) in [4.78, 5) is 0. The summed E-state index contributed by atoms with van der Waals surface area (Å²) in [5.74, 6) is -0.542. The predicted molar refractivity (Wildman–Crippen MR) is 49.8 cm³/mol. The summed E-state index contributed by atoms with van der Waals surface area (Å²) in [6.07, 6.45) is 0.819. The first-order valence-electron chi connectivity index (χ1n) is 4.51. The van der Waals surface area contributed by atoms with Crippen LogP contribution in [0.4, 0.5) is 8.78 Å². The molecule has 1 unspecified atom stereocenters. The summed E-state index contributed by atoms with van der Waals surface area (Å²) in [5, 5.41) is 0. The van der Waals surface area contributed by atoms with E-state index in [4.69, 9.17) is 0 Å². The van der Waals surface area contributed by atoms with E-state index in [1.165, 1.54) is 12.1 Å². The quantitative estimate of drug-likeness (QED) is 0.656. The van der Waals surface area contributed by atoms with Crippen LogP contribution in [0.3, 0.4) is 0 Å². The van der Waals surface area contributed by atoms with Gasteiger partial charge in [0.15, 0.2) is 0 Å². The third-order valence-electron chi connectivity index (χ3n) is 2.39. The topological polar surface area (TPSA) is 0 Å². The monoisotopic (exact) mass is 184 g/mol. The fraction of sp³-hybridized carbons (Fsp3) is 0.455. The number of halogens is 2. The van der Waals surface area contributed by atoms with Gasteiger partial charge >= 0.3 is 0 Å². The van der Waals surface area contributed by atoms with Gasteiger partial charge in [-0.1, -0.05) is 13.8 Å². The fourth-order valence-electron chi connectivity index (χ4n) is 1.33. The third kappa shape index (κ3) is 2.06. The number of rotatable bonds is 2. The SMILES string of the molecule is CCC(C)c1cc(F)cc(C)c1F. The zero-order valence-corrected chi connectivity index (χ0v) is 8.20. The molecule has 0 aromatic heterocycles. The molecule has 1 aromatic carbocycles. The minimum atomic E-state index is -0.353. The van der Waals surface area contributed by atoms with Crippen molar-refractivity contribution in [2.45, 2.75) is 33.1 Å². The van der Waals surface area contributed by atoms with Crippen LogP contribution in [0.5, 0.6) is 0 Å². The number of benzene rings is 1. The van der Waals surface area contributed by atoms with Crippen molar-refractivity contribution < 1.29 is 8.78 Å². The van der Waals surface area contributed by atoms with Gasteiger partial charge in [-0.05, 0) is 42.5 Å². The van der Waals surface area contributed by atoms with Crippen LogP contribution >= 0.6 is 0 Å². The van der Waals surface area contributed by atoms with Crippen molar-refractivity contribution in [1.29, 1.82) is 0 Å². The molecule has 0 heterocycles. The van der Waals surface area contributed by atoms with Crippen LogP contribution in [0.1, 0.15) is 37.3 Å². The van der Waals surface area contributed by atoms with Crippen LogP contribution in [-0.2, 0) is 0 Å². The highest BCUT2D eigenvalue weighted by molar-refractivity contribution is 5.28. The number of hydrogen-bond donors (Lipinski definition) is 0. The van der Waals surface area contributed by atoms with Gasteiger partial charge in [-0.15, -0.1) is 0 Å². The smallest absolute Gasteiger partial charge is 0.129 e. The first-order chi connectivity index (χ1) is 6.06. The summed E-state index contributed by atoms with van der Waals surface area (Å²) >= 11 is 0. The van der Waals surface area contributed by atoms with Crippen LogP contribution in [0.2, 0.25) is 0 Å². The van der Waals surface area contributed by atoms with Crippen LogP contribution in [-0.4, -0.2) is 0 Å². The van der Waals surface area contributed by atoms with Crippen molar-refractivity contribution in [2.24, 2.45) is 0 Å². The van der Waals surface area contributed by atoms with Gasteiger partial charge in [0.2, 0.25) is 0 Å². The Kier molecular flexibility index (Phi) is 3.02. The largest absolute Gasteiger partial charge is 0.207 e. The first-order valence-corrected chi connectivity index (χ1v) is 4.51. The molecule has 0 spiro atoms. The average Bonchev–Trinajstić information content (AvgIpc) is 2.10. The van der Waals surface area contributed by atoms with Crippen LogP contribution in [0.25, 0.3) is 0 Å². The van der Waals surface area contributed by atoms with E-state index in [9.17, 15) is 8.78 Å². The molecule has 0 nitrogen and oxygen atoms in total. The van der Waals surface area contributed by atoms with Crippen molar-refractivity contribution >= 4 is 0 Å². The van der Waals surface area contributed by atoms with E-state index in [1.807, 2.05) is 13.8 Å². The molecule has 72 valence electrons. The van der Waals surface area contributed by atoms with E-state index < -0.39 is 0 Å². The second-order valence-corrected chi connectivity index (χ2v) is 3.44. The molecule has 0 bridgehead atoms. The Morgan fingerprint density at radius 1 is 1.31 bits per heavy atom. The van der Waals surface area contributed by atoms with Gasteiger partial charge in [0.1, 0.15) is 11.6 Å². The molecule has 0 amide bonds. The summed E-state index contributed by atoms with van der Waals surface area (Å²) in [6.45, 7) is 5.45. The molecule has 0 aliphatic rings. The summed E-state index contributed by atoms with van der Waals surface area (Å²) in [5.41, 5.74) is 0.871. The molecule has 1 rings (SSSR count). The third-order valence-corrected chi connectivity index (χ3v) is 2.39. The van der Waals surface area contributed by atoms with E-state index in [-0.39, 0.29) is 17.6 Å². The minimum absolute atomic E-state index is 0.0781. The highest BCUT2D eigenvalue weighted by Crippen LogP contribution is 2.24. The lowest BCUT2D eigenvalue weighted by atomic mass is 9.96. The normalized spacial score (nSPS) is 13.0. The number of aryl methyl sites for hydroxylation is 1. The maximum atomic E-state index is 13.5. The Balaban J connectivity index is 3.20. The van der Waals surface area contributed by atoms with Crippen molar-refractivity contribution in [3.8, 4) is 0 Å². The summed E-state index contributed by atoms with van der Waals surface area (Å²) < 4.78 is 26.4. The van der Waals surface area contributed by atoms with Gasteiger partial charge in [0, 0.05) is 0 Å². The highest BCUT2D eigenvalue weighted by atomic mass is 19.1. The summed E-state index contributed by atoms with van der Waals surface area (Å²) in [7, 11) is 0. The molecule has 0 fully saturated rings. The predicted octanol–water partition coefficient (Wildman–Crippen LogP) is 3.79. The molecule has 0 aliphatic carbocycles. The molecule has 0 N–H and O–H groups in total. The van der Waals surface area contributed by atoms with Gasteiger partial charge < -0.3 is 0 Å². The Bertz CT molecular complexity index is 305. The zero-order valence-electron chi connectivity index (χ0n) is 8.20. The minimum Gasteiger partial charge on any atom is -0.207 e. The van der Waals surface area contributed by atoms with Crippen molar-refractivity contribution in [2.75, 3.05) is 0 Å². The fourth-order valence-corrected chi connectivity index (χ4v) is 1.33. The van der Waals surface area contributed by atoms with Gasteiger partial charge in [-0.25, -0.2) is 8.78 Å². The molecule has 1 aromatic rings.